The maximum Gasteiger partial charge on any atom is 0.253 e. The van der Waals surface area contributed by atoms with E-state index in [1.165, 1.54) is 37.7 Å². The third-order valence-corrected chi connectivity index (χ3v) is 4.27. The highest BCUT2D eigenvalue weighted by atomic mass is 16.3. The Balaban J connectivity index is 2.05. The van der Waals surface area contributed by atoms with Gasteiger partial charge in [-0.25, -0.2) is 0 Å². The second kappa shape index (κ2) is 7.44. The van der Waals surface area contributed by atoms with Gasteiger partial charge >= 0.3 is 0 Å². The number of aliphatic hydroxyl groups excluding tert-OH is 1. The Hall–Kier alpha value is -1.35. The van der Waals surface area contributed by atoms with Crippen molar-refractivity contribution in [2.45, 2.75) is 44.9 Å². The molecule has 1 N–H and O–H groups in total. The van der Waals surface area contributed by atoms with E-state index in [9.17, 15) is 4.79 Å². The topological polar surface area (TPSA) is 40.5 Å². The van der Waals surface area contributed by atoms with Crippen LogP contribution in [0.25, 0.3) is 0 Å². The Morgan fingerprint density at radius 2 is 1.85 bits per heavy atom. The van der Waals surface area contributed by atoms with Gasteiger partial charge in [-0.1, -0.05) is 31.4 Å². The van der Waals surface area contributed by atoms with Gasteiger partial charge in [0.2, 0.25) is 0 Å². The molecule has 0 atom stereocenters. The smallest absolute Gasteiger partial charge is 0.253 e. The van der Waals surface area contributed by atoms with Crippen molar-refractivity contribution in [3.63, 3.8) is 0 Å². The molecule has 0 bridgehead atoms. The van der Waals surface area contributed by atoms with E-state index in [0.29, 0.717) is 19.0 Å². The van der Waals surface area contributed by atoms with Gasteiger partial charge in [0.15, 0.2) is 0 Å². The molecule has 1 aliphatic carbocycles. The van der Waals surface area contributed by atoms with Gasteiger partial charge in [0.05, 0.1) is 6.61 Å². The predicted molar refractivity (Wildman–Crippen MR) is 80.9 cm³/mol. The fraction of sp³-hybridized carbons (Fsp3) is 0.588. The van der Waals surface area contributed by atoms with Crippen LogP contribution in [0.2, 0.25) is 0 Å². The van der Waals surface area contributed by atoms with Gasteiger partial charge in [-0.3, -0.25) is 4.79 Å². The number of hydrogen-bond acceptors (Lipinski definition) is 2. The highest BCUT2D eigenvalue weighted by Gasteiger charge is 2.17. The molecule has 0 saturated heterocycles. The van der Waals surface area contributed by atoms with Gasteiger partial charge in [0.25, 0.3) is 5.91 Å². The van der Waals surface area contributed by atoms with Crippen LogP contribution < -0.4 is 0 Å². The van der Waals surface area contributed by atoms with E-state index < -0.39 is 0 Å². The minimum absolute atomic E-state index is 0.0109. The van der Waals surface area contributed by atoms with Crippen LogP contribution in [-0.2, 0) is 0 Å². The fourth-order valence-electron chi connectivity index (χ4n) is 3.04. The van der Waals surface area contributed by atoms with Crippen molar-refractivity contribution in [1.82, 2.24) is 4.90 Å². The molecule has 3 heteroatoms. The molecule has 0 heterocycles. The van der Waals surface area contributed by atoms with Gasteiger partial charge in [-0.15, -0.1) is 0 Å². The van der Waals surface area contributed by atoms with Crippen LogP contribution in [0.1, 0.15) is 60.9 Å². The number of aliphatic hydroxyl groups is 1. The minimum atomic E-state index is 0.0109. The number of amides is 1. The SMILES string of the molecule is CCN(CCO)C(=O)c1ccc(C2CCCCC2)cc1. The van der Waals surface area contributed by atoms with Crippen LogP contribution in [0, 0.1) is 0 Å². The predicted octanol–water partition coefficient (Wildman–Crippen LogP) is 3.19. The summed E-state index contributed by atoms with van der Waals surface area (Å²) < 4.78 is 0. The van der Waals surface area contributed by atoms with Crippen molar-refractivity contribution in [3.8, 4) is 0 Å². The van der Waals surface area contributed by atoms with E-state index in [4.69, 9.17) is 5.11 Å². The summed E-state index contributed by atoms with van der Waals surface area (Å²) in [6.07, 6.45) is 6.56. The molecule has 0 aromatic heterocycles. The maximum absolute atomic E-state index is 12.3. The van der Waals surface area contributed by atoms with Crippen molar-refractivity contribution in [1.29, 1.82) is 0 Å². The Labute approximate surface area is 121 Å². The molecule has 1 aromatic carbocycles. The van der Waals surface area contributed by atoms with Crippen LogP contribution in [-0.4, -0.2) is 35.6 Å². The average Bonchev–Trinajstić information content (AvgIpc) is 2.53. The summed E-state index contributed by atoms with van der Waals surface area (Å²) in [5.74, 6) is 0.685. The molecular weight excluding hydrogens is 250 g/mol. The first-order valence-corrected chi connectivity index (χ1v) is 7.76. The largest absolute Gasteiger partial charge is 0.395 e. The number of nitrogens with zero attached hydrogens (tertiary/aromatic N) is 1. The molecule has 2 rings (SSSR count). The van der Waals surface area contributed by atoms with Crippen molar-refractivity contribution < 1.29 is 9.90 Å². The van der Waals surface area contributed by atoms with Crippen LogP contribution in [0.4, 0.5) is 0 Å². The van der Waals surface area contributed by atoms with Crippen molar-refractivity contribution in [2.24, 2.45) is 0 Å². The van der Waals surface area contributed by atoms with E-state index in [-0.39, 0.29) is 12.5 Å². The number of carbonyl (C=O) groups excluding carboxylic acids is 1. The monoisotopic (exact) mass is 275 g/mol. The van der Waals surface area contributed by atoms with Gasteiger partial charge in [0.1, 0.15) is 0 Å². The lowest BCUT2D eigenvalue weighted by Crippen LogP contribution is -2.33. The van der Waals surface area contributed by atoms with Crippen molar-refractivity contribution >= 4 is 5.91 Å². The first-order valence-electron chi connectivity index (χ1n) is 7.76. The van der Waals surface area contributed by atoms with Gasteiger partial charge in [-0.05, 0) is 43.4 Å². The number of likely N-dealkylation sites (N-methyl/N-ethyl adjacent to an activating group) is 1. The summed E-state index contributed by atoms with van der Waals surface area (Å²) in [4.78, 5) is 13.9. The summed E-state index contributed by atoms with van der Waals surface area (Å²) in [5, 5.41) is 8.98. The van der Waals surface area contributed by atoms with E-state index >= 15 is 0 Å². The lowest BCUT2D eigenvalue weighted by atomic mass is 9.84. The summed E-state index contributed by atoms with van der Waals surface area (Å²) >= 11 is 0. The van der Waals surface area contributed by atoms with E-state index in [1.54, 1.807) is 4.90 Å². The van der Waals surface area contributed by atoms with E-state index in [2.05, 4.69) is 12.1 Å². The number of rotatable bonds is 5. The molecule has 1 saturated carbocycles. The third kappa shape index (κ3) is 3.60. The zero-order valence-electron chi connectivity index (χ0n) is 12.3. The van der Waals surface area contributed by atoms with E-state index in [1.807, 2.05) is 19.1 Å². The molecule has 1 amide bonds. The summed E-state index contributed by atoms with van der Waals surface area (Å²) in [7, 11) is 0. The zero-order valence-corrected chi connectivity index (χ0v) is 12.3. The van der Waals surface area contributed by atoms with Gasteiger partial charge in [0, 0.05) is 18.7 Å². The molecule has 0 unspecified atom stereocenters. The lowest BCUT2D eigenvalue weighted by molar-refractivity contribution is 0.0732. The normalized spacial score (nSPS) is 16.1. The number of hydrogen-bond donors (Lipinski definition) is 1. The summed E-state index contributed by atoms with van der Waals surface area (Å²) in [6, 6.07) is 8.09. The molecule has 1 aliphatic rings. The molecular formula is C17H25NO2. The second-order valence-corrected chi connectivity index (χ2v) is 5.57. The van der Waals surface area contributed by atoms with Gasteiger partial charge < -0.3 is 10.0 Å². The molecule has 20 heavy (non-hydrogen) atoms. The summed E-state index contributed by atoms with van der Waals surface area (Å²) in [5.41, 5.74) is 2.09. The fourth-order valence-corrected chi connectivity index (χ4v) is 3.04. The first kappa shape index (κ1) is 15.0. The average molecular weight is 275 g/mol. The van der Waals surface area contributed by atoms with Crippen LogP contribution in [0.3, 0.4) is 0 Å². The Morgan fingerprint density at radius 1 is 1.20 bits per heavy atom. The molecule has 0 radical (unpaired) electrons. The second-order valence-electron chi connectivity index (χ2n) is 5.57. The van der Waals surface area contributed by atoms with Crippen molar-refractivity contribution in [2.75, 3.05) is 19.7 Å². The standard InChI is InChI=1S/C17H25NO2/c1-2-18(12-13-19)17(20)16-10-8-15(9-11-16)14-6-4-3-5-7-14/h8-11,14,19H,2-7,12-13H2,1H3. The maximum atomic E-state index is 12.3. The molecule has 1 fully saturated rings. The first-order chi connectivity index (χ1) is 9.76. The minimum Gasteiger partial charge on any atom is -0.395 e. The highest BCUT2D eigenvalue weighted by Crippen LogP contribution is 2.32. The van der Waals surface area contributed by atoms with Crippen LogP contribution >= 0.6 is 0 Å². The molecule has 110 valence electrons. The number of carbonyl (C=O) groups is 1. The Bertz CT molecular complexity index is 421. The third-order valence-electron chi connectivity index (χ3n) is 4.27. The molecule has 1 aromatic rings. The Kier molecular flexibility index (Phi) is 5.60. The van der Waals surface area contributed by atoms with Crippen LogP contribution in [0.15, 0.2) is 24.3 Å². The molecule has 3 nitrogen and oxygen atoms in total. The zero-order chi connectivity index (χ0) is 14.4. The lowest BCUT2D eigenvalue weighted by Gasteiger charge is -2.23. The quantitative estimate of drug-likeness (QED) is 0.896. The van der Waals surface area contributed by atoms with E-state index in [0.717, 1.165) is 5.56 Å². The van der Waals surface area contributed by atoms with Crippen molar-refractivity contribution in [3.05, 3.63) is 35.4 Å². The number of benzene rings is 1. The molecule has 0 spiro atoms. The highest BCUT2D eigenvalue weighted by molar-refractivity contribution is 5.94. The van der Waals surface area contributed by atoms with Crippen LogP contribution in [0.5, 0.6) is 0 Å². The Morgan fingerprint density at radius 3 is 2.40 bits per heavy atom. The summed E-state index contributed by atoms with van der Waals surface area (Å²) in [6.45, 7) is 2.98. The molecule has 0 aliphatic heterocycles. The van der Waals surface area contributed by atoms with Gasteiger partial charge in [-0.2, -0.15) is 0 Å².